The van der Waals surface area contributed by atoms with E-state index in [0.29, 0.717) is 18.1 Å². The third-order valence-corrected chi connectivity index (χ3v) is 4.93. The molecule has 0 fully saturated rings. The molecule has 1 N–H and O–H groups in total. The molecule has 0 saturated carbocycles. The third-order valence-electron chi connectivity index (χ3n) is 4.93. The summed E-state index contributed by atoms with van der Waals surface area (Å²) in [6.45, 7) is 9.63. The maximum absolute atomic E-state index is 12.8. The van der Waals surface area contributed by atoms with E-state index in [1.165, 1.54) is 10.6 Å². The van der Waals surface area contributed by atoms with Crippen molar-refractivity contribution in [2.45, 2.75) is 54.0 Å². The molecule has 2 aromatic heterocycles. The minimum Gasteiger partial charge on any atom is -0.324 e. The lowest BCUT2D eigenvalue weighted by Crippen LogP contribution is -2.32. The minimum atomic E-state index is -0.284. The van der Waals surface area contributed by atoms with Gasteiger partial charge in [0.15, 0.2) is 0 Å². The summed E-state index contributed by atoms with van der Waals surface area (Å²) >= 11 is 0. The first kappa shape index (κ1) is 20.5. The fourth-order valence-corrected chi connectivity index (χ4v) is 3.29. The average molecular weight is 393 g/mol. The normalized spacial score (nSPS) is 10.9. The summed E-state index contributed by atoms with van der Waals surface area (Å²) in [5.41, 5.74) is 4.95. The van der Waals surface area contributed by atoms with Crippen molar-refractivity contribution in [2.24, 2.45) is 0 Å². The number of hydrogen-bond donors (Lipinski definition) is 1. The number of rotatable bonds is 6. The molecule has 0 bridgehead atoms. The first-order chi connectivity index (χ1) is 13.8. The number of carbonyl (C=O) groups excluding carboxylic acids is 1. The summed E-state index contributed by atoms with van der Waals surface area (Å²) < 4.78 is 3.00. The number of anilines is 1. The molecule has 0 aliphatic rings. The highest BCUT2D eigenvalue weighted by atomic mass is 16.2. The largest absolute Gasteiger partial charge is 0.324 e. The molecule has 7 nitrogen and oxygen atoms in total. The van der Waals surface area contributed by atoms with Gasteiger partial charge in [0.1, 0.15) is 6.54 Å². The van der Waals surface area contributed by atoms with Crippen molar-refractivity contribution in [3.63, 3.8) is 0 Å². The Bertz CT molecular complexity index is 1110. The van der Waals surface area contributed by atoms with Crippen LogP contribution in [-0.2, 0) is 17.8 Å². The zero-order chi connectivity index (χ0) is 21.1. The predicted molar refractivity (Wildman–Crippen MR) is 114 cm³/mol. The number of aromatic nitrogens is 4. The van der Waals surface area contributed by atoms with E-state index in [9.17, 15) is 9.59 Å². The second-order valence-corrected chi connectivity index (χ2v) is 7.36. The maximum atomic E-state index is 12.8. The number of nitrogens with zero attached hydrogens (tertiary/aromatic N) is 4. The second-order valence-electron chi connectivity index (χ2n) is 7.36. The van der Waals surface area contributed by atoms with Crippen LogP contribution < -0.4 is 10.9 Å². The molecule has 2 heterocycles. The molecule has 3 rings (SSSR count). The van der Waals surface area contributed by atoms with Crippen LogP contribution >= 0.6 is 0 Å². The first-order valence-electron chi connectivity index (χ1n) is 9.80. The Labute approximate surface area is 170 Å². The molecule has 0 spiro atoms. The molecule has 0 aliphatic heterocycles. The lowest BCUT2D eigenvalue weighted by Gasteiger charge is -2.15. The Morgan fingerprint density at radius 1 is 1.14 bits per heavy atom. The smallest absolute Gasteiger partial charge is 0.255 e. The van der Waals surface area contributed by atoms with Gasteiger partial charge in [0.2, 0.25) is 11.9 Å². The molecule has 0 atom stereocenters. The molecule has 1 aromatic carbocycles. The predicted octanol–water partition coefficient (Wildman–Crippen LogP) is 3.25. The summed E-state index contributed by atoms with van der Waals surface area (Å²) in [7, 11) is 0. The van der Waals surface area contributed by atoms with Gasteiger partial charge in [0.25, 0.3) is 5.56 Å². The standard InChI is InChI=1S/C22H27N5O2/c1-6-8-18-12-21(29)26(22(23-18)27-16(4)11-15(3)25-27)13-20(28)24-19-10-7-9-14(2)17(19)5/h7,9-12H,6,8,13H2,1-5H3,(H,24,28). The van der Waals surface area contributed by atoms with E-state index in [1.54, 1.807) is 4.68 Å². The molecular weight excluding hydrogens is 366 g/mol. The van der Waals surface area contributed by atoms with Gasteiger partial charge in [-0.3, -0.25) is 14.2 Å². The van der Waals surface area contributed by atoms with Gasteiger partial charge in [-0.05, 0) is 57.4 Å². The molecule has 152 valence electrons. The lowest BCUT2D eigenvalue weighted by molar-refractivity contribution is -0.116. The first-order valence-corrected chi connectivity index (χ1v) is 9.80. The van der Waals surface area contributed by atoms with Crippen molar-refractivity contribution in [2.75, 3.05) is 5.32 Å². The molecule has 0 aliphatic carbocycles. The van der Waals surface area contributed by atoms with Gasteiger partial charge in [0.05, 0.1) is 5.69 Å². The fraction of sp³-hybridized carbons (Fsp3) is 0.364. The molecule has 29 heavy (non-hydrogen) atoms. The Morgan fingerprint density at radius 2 is 1.90 bits per heavy atom. The molecular formula is C22H27N5O2. The van der Waals surface area contributed by atoms with E-state index in [4.69, 9.17) is 0 Å². The van der Waals surface area contributed by atoms with Gasteiger partial charge < -0.3 is 5.32 Å². The Morgan fingerprint density at radius 3 is 2.55 bits per heavy atom. The molecule has 0 radical (unpaired) electrons. The minimum absolute atomic E-state index is 0.140. The molecule has 0 unspecified atom stereocenters. The maximum Gasteiger partial charge on any atom is 0.255 e. The topological polar surface area (TPSA) is 81.8 Å². The summed E-state index contributed by atoms with van der Waals surface area (Å²) in [5, 5.41) is 7.37. The molecule has 3 aromatic rings. The number of benzene rings is 1. The van der Waals surface area contributed by atoms with Crippen molar-refractivity contribution in [1.29, 1.82) is 0 Å². The van der Waals surface area contributed by atoms with Gasteiger partial charge in [-0.2, -0.15) is 5.10 Å². The number of nitrogens with one attached hydrogen (secondary N) is 1. The monoisotopic (exact) mass is 393 g/mol. The highest BCUT2D eigenvalue weighted by Gasteiger charge is 2.17. The molecule has 7 heteroatoms. The zero-order valence-corrected chi connectivity index (χ0v) is 17.6. The van der Waals surface area contributed by atoms with E-state index in [1.807, 2.05) is 58.9 Å². The summed E-state index contributed by atoms with van der Waals surface area (Å²) in [6, 6.07) is 9.16. The van der Waals surface area contributed by atoms with Crippen molar-refractivity contribution < 1.29 is 4.79 Å². The van der Waals surface area contributed by atoms with Crippen molar-refractivity contribution >= 4 is 11.6 Å². The molecule has 1 amide bonds. The summed E-state index contributed by atoms with van der Waals surface area (Å²) in [6.07, 6.45) is 1.57. The van der Waals surface area contributed by atoms with Crippen LogP contribution in [0.1, 0.15) is 41.6 Å². The van der Waals surface area contributed by atoms with Crippen LogP contribution in [0.3, 0.4) is 0 Å². The van der Waals surface area contributed by atoms with Crippen LogP contribution in [-0.4, -0.2) is 25.2 Å². The Hall–Kier alpha value is -3.22. The van der Waals surface area contributed by atoms with Crippen molar-refractivity contribution in [3.05, 3.63) is 68.9 Å². The van der Waals surface area contributed by atoms with Gasteiger partial charge >= 0.3 is 0 Å². The van der Waals surface area contributed by atoms with E-state index in [-0.39, 0.29) is 18.0 Å². The fourth-order valence-electron chi connectivity index (χ4n) is 3.29. The van der Waals surface area contributed by atoms with Crippen LogP contribution in [0.2, 0.25) is 0 Å². The summed E-state index contributed by atoms with van der Waals surface area (Å²) in [5.74, 6) is 0.0799. The second kappa shape index (κ2) is 8.43. The quantitative estimate of drug-likeness (QED) is 0.697. The van der Waals surface area contributed by atoms with Crippen molar-refractivity contribution in [1.82, 2.24) is 19.3 Å². The SMILES string of the molecule is CCCc1cc(=O)n(CC(=O)Nc2cccc(C)c2C)c(-n2nc(C)cc2C)n1. The van der Waals surface area contributed by atoms with E-state index in [0.717, 1.165) is 34.6 Å². The van der Waals surface area contributed by atoms with E-state index < -0.39 is 0 Å². The van der Waals surface area contributed by atoms with Crippen LogP contribution in [0.15, 0.2) is 35.1 Å². The number of hydrogen-bond acceptors (Lipinski definition) is 4. The van der Waals surface area contributed by atoms with Crippen LogP contribution in [0.25, 0.3) is 5.95 Å². The Balaban J connectivity index is 1.99. The van der Waals surface area contributed by atoms with Gasteiger partial charge in [-0.1, -0.05) is 25.5 Å². The van der Waals surface area contributed by atoms with Gasteiger partial charge in [0, 0.05) is 23.1 Å². The highest BCUT2D eigenvalue weighted by molar-refractivity contribution is 5.91. The van der Waals surface area contributed by atoms with Crippen LogP contribution in [0.5, 0.6) is 0 Å². The highest BCUT2D eigenvalue weighted by Crippen LogP contribution is 2.18. The number of aryl methyl sites for hydroxylation is 4. The average Bonchev–Trinajstić information content (AvgIpc) is 2.99. The zero-order valence-electron chi connectivity index (χ0n) is 17.6. The van der Waals surface area contributed by atoms with Crippen LogP contribution in [0, 0.1) is 27.7 Å². The number of carbonyl (C=O) groups is 1. The van der Waals surface area contributed by atoms with Crippen molar-refractivity contribution in [3.8, 4) is 5.95 Å². The lowest BCUT2D eigenvalue weighted by atomic mass is 10.1. The Kier molecular flexibility index (Phi) is 5.96. The number of amides is 1. The van der Waals surface area contributed by atoms with E-state index in [2.05, 4.69) is 15.4 Å². The van der Waals surface area contributed by atoms with E-state index >= 15 is 0 Å². The third kappa shape index (κ3) is 4.45. The van der Waals surface area contributed by atoms with Gasteiger partial charge in [-0.15, -0.1) is 0 Å². The van der Waals surface area contributed by atoms with Crippen LogP contribution in [0.4, 0.5) is 5.69 Å². The molecule has 0 saturated heterocycles. The van der Waals surface area contributed by atoms with Gasteiger partial charge in [-0.25, -0.2) is 9.67 Å². The summed E-state index contributed by atoms with van der Waals surface area (Å²) in [4.78, 5) is 30.2.